The molecule has 2 rings (SSSR count). The lowest BCUT2D eigenvalue weighted by Crippen LogP contribution is -2.57. The Labute approximate surface area is 124 Å². The third-order valence-electron chi connectivity index (χ3n) is 3.40. The number of ether oxygens (including phenoxy) is 2. The Bertz CT molecular complexity index is 501. The number of rotatable bonds is 4. The molecule has 1 N–H and O–H groups in total. The van der Waals surface area contributed by atoms with Gasteiger partial charge in [-0.1, -0.05) is 0 Å². The van der Waals surface area contributed by atoms with E-state index in [1.807, 2.05) is 0 Å². The molecule has 1 fully saturated rings. The first-order chi connectivity index (χ1) is 10.2. The fraction of sp³-hybridized carbons (Fsp3) is 0.467. The Hall–Kier alpha value is -2.08. The summed E-state index contributed by atoms with van der Waals surface area (Å²) in [6.07, 6.45) is 0. The fourth-order valence-corrected chi connectivity index (χ4v) is 2.30. The zero-order valence-corrected chi connectivity index (χ0v) is 12.3. The van der Waals surface area contributed by atoms with Crippen LogP contribution in [-0.4, -0.2) is 56.2 Å². The summed E-state index contributed by atoms with van der Waals surface area (Å²) in [5.74, 6) is 0.151. The number of piperazine rings is 1. The van der Waals surface area contributed by atoms with Crippen LogP contribution in [0.4, 0.5) is 0 Å². The number of hydrogen-bond acceptors (Lipinski definition) is 5. The van der Waals surface area contributed by atoms with Gasteiger partial charge in [-0.2, -0.15) is 0 Å². The zero-order chi connectivity index (χ0) is 15.2. The molecule has 0 aromatic heterocycles. The van der Waals surface area contributed by atoms with Crippen LogP contribution in [0.1, 0.15) is 17.3 Å². The van der Waals surface area contributed by atoms with Crippen LogP contribution in [0.25, 0.3) is 0 Å². The van der Waals surface area contributed by atoms with Crippen molar-refractivity contribution in [2.24, 2.45) is 0 Å². The molecule has 1 aliphatic heterocycles. The van der Waals surface area contributed by atoms with Gasteiger partial charge in [0.1, 0.15) is 11.8 Å². The van der Waals surface area contributed by atoms with Gasteiger partial charge in [-0.15, -0.1) is 0 Å². The highest BCUT2D eigenvalue weighted by Gasteiger charge is 2.33. The molecule has 114 valence electrons. The molecular formula is C15H20N2O4. The molecule has 1 atom stereocenters. The molecule has 0 spiro atoms. The van der Waals surface area contributed by atoms with Gasteiger partial charge in [0.2, 0.25) is 0 Å². The van der Waals surface area contributed by atoms with Crippen molar-refractivity contribution < 1.29 is 19.1 Å². The smallest absolute Gasteiger partial charge is 0.330 e. The summed E-state index contributed by atoms with van der Waals surface area (Å²) in [7, 11) is 1.57. The summed E-state index contributed by atoms with van der Waals surface area (Å²) < 4.78 is 10.1. The van der Waals surface area contributed by atoms with Crippen LogP contribution in [0.15, 0.2) is 24.3 Å². The molecule has 1 amide bonds. The Morgan fingerprint density at radius 2 is 2.05 bits per heavy atom. The van der Waals surface area contributed by atoms with Crippen LogP contribution >= 0.6 is 0 Å². The standard InChI is InChI=1S/C15H20N2O4/c1-3-21-15(19)13-10-16-8-9-17(13)14(18)11-4-6-12(20-2)7-5-11/h4-7,13,16H,3,8-10H2,1-2H3. The lowest BCUT2D eigenvalue weighted by molar-refractivity contribution is -0.149. The minimum atomic E-state index is -0.576. The number of amides is 1. The van der Waals surface area contributed by atoms with Crippen molar-refractivity contribution in [2.45, 2.75) is 13.0 Å². The molecule has 1 heterocycles. The molecule has 0 bridgehead atoms. The van der Waals surface area contributed by atoms with Gasteiger partial charge in [0.05, 0.1) is 13.7 Å². The van der Waals surface area contributed by atoms with E-state index in [2.05, 4.69) is 5.32 Å². The number of esters is 1. The van der Waals surface area contributed by atoms with Gasteiger partial charge in [0, 0.05) is 25.2 Å². The predicted octanol–water partition coefficient (Wildman–Crippen LogP) is 0.672. The van der Waals surface area contributed by atoms with Crippen molar-refractivity contribution >= 4 is 11.9 Å². The van der Waals surface area contributed by atoms with Gasteiger partial charge in [0.25, 0.3) is 5.91 Å². The average Bonchev–Trinajstić information content (AvgIpc) is 2.54. The fourth-order valence-electron chi connectivity index (χ4n) is 2.30. The third kappa shape index (κ3) is 3.52. The normalized spacial score (nSPS) is 18.2. The summed E-state index contributed by atoms with van der Waals surface area (Å²) in [6.45, 7) is 3.62. The molecule has 1 aromatic carbocycles. The summed E-state index contributed by atoms with van der Waals surface area (Å²) >= 11 is 0. The number of carbonyl (C=O) groups is 2. The molecule has 0 radical (unpaired) electrons. The SMILES string of the molecule is CCOC(=O)C1CNCCN1C(=O)c1ccc(OC)cc1. The van der Waals surface area contributed by atoms with Crippen LogP contribution in [-0.2, 0) is 9.53 Å². The van der Waals surface area contributed by atoms with E-state index in [-0.39, 0.29) is 11.9 Å². The molecule has 21 heavy (non-hydrogen) atoms. The summed E-state index contributed by atoms with van der Waals surface area (Å²) in [5, 5.41) is 3.11. The number of hydrogen-bond donors (Lipinski definition) is 1. The van der Waals surface area contributed by atoms with Crippen LogP contribution in [0.2, 0.25) is 0 Å². The molecule has 1 aliphatic rings. The van der Waals surface area contributed by atoms with Crippen molar-refractivity contribution in [2.75, 3.05) is 33.4 Å². The zero-order valence-electron chi connectivity index (χ0n) is 12.3. The summed E-state index contributed by atoms with van der Waals surface area (Å²) in [5.41, 5.74) is 0.534. The van der Waals surface area contributed by atoms with Gasteiger partial charge >= 0.3 is 5.97 Å². The number of carbonyl (C=O) groups excluding carboxylic acids is 2. The second-order valence-electron chi connectivity index (χ2n) is 4.70. The molecule has 0 saturated carbocycles. The number of nitrogens with one attached hydrogen (secondary N) is 1. The number of methoxy groups -OCH3 is 1. The Morgan fingerprint density at radius 3 is 2.67 bits per heavy atom. The average molecular weight is 292 g/mol. The van der Waals surface area contributed by atoms with Gasteiger partial charge in [-0.25, -0.2) is 4.79 Å². The lowest BCUT2D eigenvalue weighted by Gasteiger charge is -2.34. The van der Waals surface area contributed by atoms with Crippen LogP contribution in [0.3, 0.4) is 0 Å². The van der Waals surface area contributed by atoms with Gasteiger partial charge in [0.15, 0.2) is 0 Å². The highest BCUT2D eigenvalue weighted by molar-refractivity contribution is 5.97. The van der Waals surface area contributed by atoms with E-state index in [9.17, 15) is 9.59 Å². The van der Waals surface area contributed by atoms with Crippen molar-refractivity contribution in [1.29, 1.82) is 0 Å². The number of benzene rings is 1. The van der Waals surface area contributed by atoms with Gasteiger partial charge < -0.3 is 19.7 Å². The van der Waals surface area contributed by atoms with Gasteiger partial charge in [-0.3, -0.25) is 4.79 Å². The van der Waals surface area contributed by atoms with Crippen molar-refractivity contribution in [3.8, 4) is 5.75 Å². The molecule has 6 heteroatoms. The highest BCUT2D eigenvalue weighted by Crippen LogP contribution is 2.16. The molecule has 1 aromatic rings. The monoisotopic (exact) mass is 292 g/mol. The van der Waals surface area contributed by atoms with E-state index < -0.39 is 6.04 Å². The first-order valence-corrected chi connectivity index (χ1v) is 6.99. The largest absolute Gasteiger partial charge is 0.497 e. The molecule has 1 unspecified atom stereocenters. The van der Waals surface area contributed by atoms with E-state index in [4.69, 9.17) is 9.47 Å². The Balaban J connectivity index is 2.15. The Kier molecular flexibility index (Phi) is 5.16. The molecule has 6 nitrogen and oxygen atoms in total. The van der Waals surface area contributed by atoms with E-state index >= 15 is 0 Å². The van der Waals surface area contributed by atoms with Crippen LogP contribution in [0.5, 0.6) is 5.75 Å². The van der Waals surface area contributed by atoms with E-state index in [0.717, 1.165) is 0 Å². The van der Waals surface area contributed by atoms with Gasteiger partial charge in [-0.05, 0) is 31.2 Å². The lowest BCUT2D eigenvalue weighted by atomic mass is 10.1. The maximum absolute atomic E-state index is 12.6. The maximum Gasteiger partial charge on any atom is 0.330 e. The topological polar surface area (TPSA) is 67.9 Å². The maximum atomic E-state index is 12.6. The predicted molar refractivity (Wildman–Crippen MR) is 77.3 cm³/mol. The van der Waals surface area contributed by atoms with Crippen molar-refractivity contribution in [1.82, 2.24) is 10.2 Å². The van der Waals surface area contributed by atoms with E-state index in [1.54, 1.807) is 43.2 Å². The third-order valence-corrected chi connectivity index (χ3v) is 3.40. The Morgan fingerprint density at radius 1 is 1.33 bits per heavy atom. The minimum absolute atomic E-state index is 0.169. The summed E-state index contributed by atoms with van der Waals surface area (Å²) in [6, 6.07) is 6.29. The van der Waals surface area contributed by atoms with Crippen LogP contribution in [0, 0.1) is 0 Å². The quantitative estimate of drug-likeness (QED) is 0.826. The minimum Gasteiger partial charge on any atom is -0.497 e. The second-order valence-corrected chi connectivity index (χ2v) is 4.70. The van der Waals surface area contributed by atoms with Crippen LogP contribution < -0.4 is 10.1 Å². The molecular weight excluding hydrogens is 272 g/mol. The second kappa shape index (κ2) is 7.08. The highest BCUT2D eigenvalue weighted by atomic mass is 16.5. The van der Waals surface area contributed by atoms with Crippen molar-refractivity contribution in [3.63, 3.8) is 0 Å². The first kappa shape index (κ1) is 15.3. The number of nitrogens with zero attached hydrogens (tertiary/aromatic N) is 1. The van der Waals surface area contributed by atoms with E-state index in [1.165, 1.54) is 0 Å². The molecule has 1 saturated heterocycles. The van der Waals surface area contributed by atoms with E-state index in [0.29, 0.717) is 37.6 Å². The summed E-state index contributed by atoms with van der Waals surface area (Å²) in [4.78, 5) is 26.1. The first-order valence-electron chi connectivity index (χ1n) is 6.99. The molecule has 0 aliphatic carbocycles. The van der Waals surface area contributed by atoms with Crippen molar-refractivity contribution in [3.05, 3.63) is 29.8 Å².